The molecule has 0 bridgehead atoms. The third kappa shape index (κ3) is 2.23. The zero-order chi connectivity index (χ0) is 14.1. The Bertz CT molecular complexity index is 798. The number of carbonyl (C=O) groups excluding carboxylic acids is 1. The van der Waals surface area contributed by atoms with Gasteiger partial charge in [-0.2, -0.15) is 0 Å². The number of hydrogen-bond donors (Lipinski definition) is 1. The highest BCUT2D eigenvalue weighted by atomic mass is 19.1. The van der Waals surface area contributed by atoms with Crippen LogP contribution >= 0.6 is 0 Å². The number of halogens is 2. The summed E-state index contributed by atoms with van der Waals surface area (Å²) in [7, 11) is 0. The van der Waals surface area contributed by atoms with Crippen molar-refractivity contribution >= 4 is 17.2 Å². The molecule has 20 heavy (non-hydrogen) atoms. The average molecular weight is 273 g/mol. The minimum absolute atomic E-state index is 0.0675. The molecule has 0 aliphatic heterocycles. The van der Waals surface area contributed by atoms with Crippen LogP contribution in [-0.4, -0.2) is 15.3 Å². The molecule has 3 rings (SSSR count). The maximum Gasteiger partial charge on any atom is 0.257 e. The number of imidazole rings is 1. The van der Waals surface area contributed by atoms with E-state index in [1.807, 2.05) is 0 Å². The largest absolute Gasteiger partial charge is 0.319 e. The first-order valence-electron chi connectivity index (χ1n) is 5.82. The quantitative estimate of drug-likeness (QED) is 0.780. The van der Waals surface area contributed by atoms with Crippen molar-refractivity contribution in [3.8, 4) is 0 Å². The van der Waals surface area contributed by atoms with Crippen molar-refractivity contribution in [2.24, 2.45) is 0 Å². The fourth-order valence-electron chi connectivity index (χ4n) is 1.84. The highest BCUT2D eigenvalue weighted by Crippen LogP contribution is 2.16. The molecule has 0 atom stereocenters. The van der Waals surface area contributed by atoms with Crippen LogP contribution in [-0.2, 0) is 0 Å². The first-order valence-corrected chi connectivity index (χ1v) is 5.82. The Morgan fingerprint density at radius 2 is 2.05 bits per heavy atom. The first kappa shape index (κ1) is 12.3. The Morgan fingerprint density at radius 3 is 2.85 bits per heavy atom. The minimum Gasteiger partial charge on any atom is -0.319 e. The highest BCUT2D eigenvalue weighted by Gasteiger charge is 2.10. The van der Waals surface area contributed by atoms with Crippen molar-refractivity contribution in [2.45, 2.75) is 0 Å². The van der Waals surface area contributed by atoms with Crippen LogP contribution in [0.3, 0.4) is 0 Å². The van der Waals surface area contributed by atoms with Crippen LogP contribution < -0.4 is 5.32 Å². The van der Waals surface area contributed by atoms with Crippen molar-refractivity contribution in [1.29, 1.82) is 0 Å². The van der Waals surface area contributed by atoms with Crippen molar-refractivity contribution in [3.63, 3.8) is 0 Å². The van der Waals surface area contributed by atoms with Gasteiger partial charge in [-0.05, 0) is 24.3 Å². The lowest BCUT2D eigenvalue weighted by Crippen LogP contribution is -2.13. The van der Waals surface area contributed by atoms with Gasteiger partial charge in [-0.3, -0.25) is 4.79 Å². The molecule has 0 saturated heterocycles. The molecule has 0 saturated carbocycles. The number of rotatable bonds is 2. The van der Waals surface area contributed by atoms with Gasteiger partial charge in [-0.1, -0.05) is 0 Å². The minimum atomic E-state index is -0.818. The zero-order valence-electron chi connectivity index (χ0n) is 10.2. The molecule has 3 aromatic rings. The van der Waals surface area contributed by atoms with E-state index in [1.54, 1.807) is 35.1 Å². The molecule has 0 aliphatic carbocycles. The van der Waals surface area contributed by atoms with Gasteiger partial charge in [0.05, 0.1) is 11.3 Å². The van der Waals surface area contributed by atoms with E-state index in [0.29, 0.717) is 17.3 Å². The number of hydrogen-bond acceptors (Lipinski definition) is 2. The van der Waals surface area contributed by atoms with E-state index >= 15 is 0 Å². The second-order valence-corrected chi connectivity index (χ2v) is 4.19. The predicted molar refractivity (Wildman–Crippen MR) is 69.5 cm³/mol. The number of nitrogens with one attached hydrogen (secondary N) is 1. The number of anilines is 1. The van der Waals surface area contributed by atoms with E-state index in [4.69, 9.17) is 0 Å². The maximum absolute atomic E-state index is 13.5. The summed E-state index contributed by atoms with van der Waals surface area (Å²) in [6.07, 6.45) is 4.89. The SMILES string of the molecule is O=C(Nc1ccc(F)cc1F)c1ccc2nccn2c1. The van der Waals surface area contributed by atoms with Gasteiger partial charge in [0.2, 0.25) is 0 Å². The fraction of sp³-hybridized carbons (Fsp3) is 0. The number of fused-ring (bicyclic) bond motifs is 1. The summed E-state index contributed by atoms with van der Waals surface area (Å²) in [5.74, 6) is -1.99. The third-order valence-electron chi connectivity index (χ3n) is 2.83. The summed E-state index contributed by atoms with van der Waals surface area (Å²) < 4.78 is 27.9. The van der Waals surface area contributed by atoms with Crippen molar-refractivity contribution in [1.82, 2.24) is 9.38 Å². The molecule has 0 fully saturated rings. The summed E-state index contributed by atoms with van der Waals surface area (Å²) in [6.45, 7) is 0. The van der Waals surface area contributed by atoms with Gasteiger partial charge < -0.3 is 9.72 Å². The zero-order valence-corrected chi connectivity index (χ0v) is 10.2. The lowest BCUT2D eigenvalue weighted by molar-refractivity contribution is 0.102. The molecule has 0 spiro atoms. The van der Waals surface area contributed by atoms with Gasteiger partial charge >= 0.3 is 0 Å². The molecule has 2 aromatic heterocycles. The number of nitrogens with zero attached hydrogens (tertiary/aromatic N) is 2. The molecule has 1 amide bonds. The van der Waals surface area contributed by atoms with Gasteiger partial charge in [-0.15, -0.1) is 0 Å². The molecular formula is C14H9F2N3O. The van der Waals surface area contributed by atoms with E-state index in [-0.39, 0.29) is 5.69 Å². The molecule has 0 aliphatic rings. The van der Waals surface area contributed by atoms with Gasteiger partial charge in [0, 0.05) is 24.7 Å². The summed E-state index contributed by atoms with van der Waals surface area (Å²) in [4.78, 5) is 16.1. The Hall–Kier alpha value is -2.76. The van der Waals surface area contributed by atoms with Gasteiger partial charge in [-0.25, -0.2) is 13.8 Å². The first-order chi connectivity index (χ1) is 9.63. The maximum atomic E-state index is 13.5. The standard InChI is InChI=1S/C14H9F2N3O/c15-10-2-3-12(11(16)7-10)18-14(20)9-1-4-13-17-5-6-19(13)8-9/h1-8H,(H,18,20). The Kier molecular flexibility index (Phi) is 2.90. The number of aromatic nitrogens is 2. The molecule has 1 aromatic carbocycles. The summed E-state index contributed by atoms with van der Waals surface area (Å²) >= 11 is 0. The van der Waals surface area contributed by atoms with Crippen molar-refractivity contribution in [3.05, 3.63) is 66.1 Å². The number of amides is 1. The van der Waals surface area contributed by atoms with Gasteiger partial charge in [0.25, 0.3) is 5.91 Å². The monoisotopic (exact) mass is 273 g/mol. The van der Waals surface area contributed by atoms with Crippen LogP contribution in [0.4, 0.5) is 14.5 Å². The van der Waals surface area contributed by atoms with Crippen LogP contribution in [0.5, 0.6) is 0 Å². The summed E-state index contributed by atoms with van der Waals surface area (Å²) in [5, 5.41) is 2.40. The van der Waals surface area contributed by atoms with Crippen LogP contribution in [0.25, 0.3) is 5.65 Å². The Balaban J connectivity index is 1.88. The number of carbonyl (C=O) groups is 1. The normalized spacial score (nSPS) is 10.7. The highest BCUT2D eigenvalue weighted by molar-refractivity contribution is 6.04. The summed E-state index contributed by atoms with van der Waals surface area (Å²) in [6, 6.07) is 6.24. The molecule has 4 nitrogen and oxygen atoms in total. The molecule has 0 radical (unpaired) electrons. The second kappa shape index (κ2) is 4.73. The van der Waals surface area contributed by atoms with Crippen LogP contribution in [0.1, 0.15) is 10.4 Å². The topological polar surface area (TPSA) is 46.4 Å². The van der Waals surface area contributed by atoms with E-state index in [1.165, 1.54) is 6.07 Å². The van der Waals surface area contributed by atoms with Crippen molar-refractivity contribution < 1.29 is 13.6 Å². The summed E-state index contributed by atoms with van der Waals surface area (Å²) in [5.41, 5.74) is 0.982. The third-order valence-corrected chi connectivity index (χ3v) is 2.83. The Labute approximate surface area is 112 Å². The molecule has 0 unspecified atom stereocenters. The van der Waals surface area contributed by atoms with E-state index in [0.717, 1.165) is 6.07 Å². The van der Waals surface area contributed by atoms with Crippen LogP contribution in [0, 0.1) is 11.6 Å². The predicted octanol–water partition coefficient (Wildman–Crippen LogP) is 2.86. The molecule has 1 N–H and O–H groups in total. The van der Waals surface area contributed by atoms with Gasteiger partial charge in [0.1, 0.15) is 17.3 Å². The van der Waals surface area contributed by atoms with Crippen LogP contribution in [0.2, 0.25) is 0 Å². The fourth-order valence-corrected chi connectivity index (χ4v) is 1.84. The van der Waals surface area contributed by atoms with E-state index < -0.39 is 17.5 Å². The smallest absolute Gasteiger partial charge is 0.257 e. The number of pyridine rings is 1. The lowest BCUT2D eigenvalue weighted by atomic mass is 10.2. The average Bonchev–Trinajstić information content (AvgIpc) is 2.89. The molecule has 100 valence electrons. The molecule has 6 heteroatoms. The van der Waals surface area contributed by atoms with Crippen molar-refractivity contribution in [2.75, 3.05) is 5.32 Å². The molecular weight excluding hydrogens is 264 g/mol. The van der Waals surface area contributed by atoms with E-state index in [2.05, 4.69) is 10.3 Å². The van der Waals surface area contributed by atoms with Gasteiger partial charge in [0.15, 0.2) is 0 Å². The molecule has 2 heterocycles. The number of benzene rings is 1. The Morgan fingerprint density at radius 1 is 1.20 bits per heavy atom. The second-order valence-electron chi connectivity index (χ2n) is 4.19. The van der Waals surface area contributed by atoms with E-state index in [9.17, 15) is 13.6 Å². The lowest BCUT2D eigenvalue weighted by Gasteiger charge is -2.06. The van der Waals surface area contributed by atoms with Crippen LogP contribution in [0.15, 0.2) is 48.9 Å².